The van der Waals surface area contributed by atoms with Crippen LogP contribution in [0.25, 0.3) is 0 Å². The largest absolute Gasteiger partial charge is 0.329 e. The number of nitrogens with one attached hydrogen (secondary N) is 2. The highest BCUT2D eigenvalue weighted by atomic mass is 19.1. The van der Waals surface area contributed by atoms with E-state index >= 15 is 0 Å². The molecule has 6 heteroatoms. The number of nitrogens with zero attached hydrogens (tertiary/aromatic N) is 2. The molecule has 0 fully saturated rings. The van der Waals surface area contributed by atoms with Crippen molar-refractivity contribution >= 4 is 11.8 Å². The van der Waals surface area contributed by atoms with Crippen molar-refractivity contribution in [1.82, 2.24) is 15.3 Å². The average molecular weight is 274 g/mol. The predicted octanol–water partition coefficient (Wildman–Crippen LogP) is 2.67. The Morgan fingerprint density at radius 1 is 1.20 bits per heavy atom. The third kappa shape index (κ3) is 3.50. The molecule has 0 saturated heterocycles. The summed E-state index contributed by atoms with van der Waals surface area (Å²) >= 11 is 0. The van der Waals surface area contributed by atoms with E-state index in [9.17, 15) is 9.18 Å². The second-order valence-electron chi connectivity index (χ2n) is 4.80. The van der Waals surface area contributed by atoms with E-state index in [1.54, 1.807) is 12.1 Å². The van der Waals surface area contributed by atoms with E-state index in [1.165, 1.54) is 30.7 Å². The minimum atomic E-state index is -0.639. The van der Waals surface area contributed by atoms with Crippen LogP contribution in [0.5, 0.6) is 0 Å². The summed E-state index contributed by atoms with van der Waals surface area (Å²) in [7, 11) is 0. The van der Waals surface area contributed by atoms with Crippen molar-refractivity contribution in [2.75, 3.05) is 5.32 Å². The van der Waals surface area contributed by atoms with Gasteiger partial charge in [-0.15, -0.1) is 0 Å². The predicted molar refractivity (Wildman–Crippen MR) is 73.6 cm³/mol. The molecule has 0 saturated carbocycles. The number of carbonyl (C=O) groups excluding carboxylic acids is 1. The van der Waals surface area contributed by atoms with Crippen LogP contribution in [0.4, 0.5) is 15.0 Å². The normalized spacial score (nSPS) is 10.9. The van der Waals surface area contributed by atoms with Crippen LogP contribution in [0.3, 0.4) is 0 Å². The molecule has 0 aliphatic carbocycles. The Morgan fingerprint density at radius 3 is 2.50 bits per heavy atom. The van der Waals surface area contributed by atoms with Gasteiger partial charge in [0.2, 0.25) is 0 Å². The van der Waals surface area contributed by atoms with Crippen molar-refractivity contribution in [2.45, 2.75) is 19.4 Å². The second kappa shape index (κ2) is 5.64. The number of hydrogen-bond acceptors (Lipinski definition) is 3. The van der Waals surface area contributed by atoms with E-state index in [4.69, 9.17) is 0 Å². The maximum Gasteiger partial charge on any atom is 0.321 e. The zero-order chi connectivity index (χ0) is 14.6. The highest BCUT2D eigenvalue weighted by Crippen LogP contribution is 2.20. The summed E-state index contributed by atoms with van der Waals surface area (Å²) in [6, 6.07) is 5.59. The Labute approximate surface area is 116 Å². The average Bonchev–Trinajstić information content (AvgIpc) is 2.39. The van der Waals surface area contributed by atoms with E-state index in [-0.39, 0.29) is 5.82 Å². The van der Waals surface area contributed by atoms with Crippen LogP contribution in [-0.4, -0.2) is 16.0 Å². The van der Waals surface area contributed by atoms with Crippen LogP contribution in [0, 0.1) is 5.82 Å². The lowest BCUT2D eigenvalue weighted by atomic mass is 9.94. The van der Waals surface area contributed by atoms with Crippen molar-refractivity contribution in [3.8, 4) is 0 Å². The lowest BCUT2D eigenvalue weighted by Gasteiger charge is -2.26. The highest BCUT2D eigenvalue weighted by Gasteiger charge is 2.22. The number of urea groups is 1. The van der Waals surface area contributed by atoms with Crippen LogP contribution in [-0.2, 0) is 5.54 Å². The lowest BCUT2D eigenvalue weighted by Crippen LogP contribution is -2.43. The molecule has 0 radical (unpaired) electrons. The number of anilines is 1. The van der Waals surface area contributed by atoms with E-state index < -0.39 is 11.6 Å². The molecule has 0 aliphatic heterocycles. The SMILES string of the molecule is CC(C)(NC(=O)Nc1cnccn1)c1ccc(F)cc1. The van der Waals surface area contributed by atoms with Gasteiger partial charge in [-0.25, -0.2) is 14.2 Å². The molecule has 1 aromatic heterocycles. The van der Waals surface area contributed by atoms with Crippen LogP contribution in [0.2, 0.25) is 0 Å². The van der Waals surface area contributed by atoms with Gasteiger partial charge in [0.1, 0.15) is 5.82 Å². The van der Waals surface area contributed by atoms with Gasteiger partial charge in [-0.3, -0.25) is 10.3 Å². The second-order valence-corrected chi connectivity index (χ2v) is 4.80. The minimum absolute atomic E-state index is 0.312. The van der Waals surface area contributed by atoms with E-state index in [0.29, 0.717) is 5.82 Å². The maximum absolute atomic E-state index is 12.9. The fourth-order valence-corrected chi connectivity index (χ4v) is 1.73. The van der Waals surface area contributed by atoms with Crippen molar-refractivity contribution in [2.24, 2.45) is 0 Å². The summed E-state index contributed by atoms with van der Waals surface area (Å²) in [5.74, 6) is 0.0495. The Kier molecular flexibility index (Phi) is 3.93. The molecule has 0 aliphatic rings. The van der Waals surface area contributed by atoms with Crippen molar-refractivity contribution in [3.63, 3.8) is 0 Å². The van der Waals surface area contributed by atoms with Gasteiger partial charge < -0.3 is 5.32 Å². The van der Waals surface area contributed by atoms with Gasteiger partial charge in [0.05, 0.1) is 11.7 Å². The van der Waals surface area contributed by atoms with Gasteiger partial charge >= 0.3 is 6.03 Å². The van der Waals surface area contributed by atoms with Crippen LogP contribution in [0.15, 0.2) is 42.9 Å². The Hall–Kier alpha value is -2.50. The number of hydrogen-bond donors (Lipinski definition) is 2. The first-order valence-electron chi connectivity index (χ1n) is 6.08. The molecule has 20 heavy (non-hydrogen) atoms. The smallest absolute Gasteiger partial charge is 0.321 e. The van der Waals surface area contributed by atoms with E-state index in [0.717, 1.165) is 5.56 Å². The zero-order valence-corrected chi connectivity index (χ0v) is 11.2. The molecule has 0 spiro atoms. The molecule has 1 heterocycles. The molecular weight excluding hydrogens is 259 g/mol. The summed E-state index contributed by atoms with van der Waals surface area (Å²) in [5.41, 5.74) is 0.160. The zero-order valence-electron chi connectivity index (χ0n) is 11.2. The molecule has 2 amide bonds. The summed E-state index contributed by atoms with van der Waals surface area (Å²) in [4.78, 5) is 19.7. The highest BCUT2D eigenvalue weighted by molar-refractivity contribution is 5.88. The first kappa shape index (κ1) is 13.9. The number of aromatic nitrogens is 2. The van der Waals surface area contributed by atoms with E-state index in [1.807, 2.05) is 13.8 Å². The Balaban J connectivity index is 2.04. The maximum atomic E-state index is 12.9. The summed E-state index contributed by atoms with van der Waals surface area (Å²) < 4.78 is 12.9. The van der Waals surface area contributed by atoms with E-state index in [2.05, 4.69) is 20.6 Å². The van der Waals surface area contributed by atoms with Crippen LogP contribution >= 0.6 is 0 Å². The molecule has 0 bridgehead atoms. The molecule has 5 nitrogen and oxygen atoms in total. The van der Waals surface area contributed by atoms with Gasteiger partial charge in [-0.05, 0) is 31.5 Å². The van der Waals surface area contributed by atoms with Crippen molar-refractivity contribution in [1.29, 1.82) is 0 Å². The minimum Gasteiger partial charge on any atom is -0.329 e. The molecule has 2 aromatic rings. The van der Waals surface area contributed by atoms with Crippen LogP contribution in [0.1, 0.15) is 19.4 Å². The molecular formula is C14H15FN4O. The molecule has 2 rings (SSSR count). The molecule has 2 N–H and O–H groups in total. The number of amides is 2. The molecule has 0 atom stereocenters. The molecule has 0 unspecified atom stereocenters. The number of halogens is 1. The monoisotopic (exact) mass is 274 g/mol. The summed E-state index contributed by atoms with van der Waals surface area (Å²) in [6.45, 7) is 3.66. The van der Waals surface area contributed by atoms with Crippen molar-refractivity contribution in [3.05, 3.63) is 54.2 Å². The van der Waals surface area contributed by atoms with Gasteiger partial charge in [0.25, 0.3) is 0 Å². The van der Waals surface area contributed by atoms with Crippen molar-refractivity contribution < 1.29 is 9.18 Å². The summed E-state index contributed by atoms with van der Waals surface area (Å²) in [6.07, 6.45) is 4.46. The Bertz CT molecular complexity index is 584. The van der Waals surface area contributed by atoms with Crippen LogP contribution < -0.4 is 10.6 Å². The molecule has 104 valence electrons. The third-order valence-electron chi connectivity index (χ3n) is 2.80. The topological polar surface area (TPSA) is 66.9 Å². The fourth-order valence-electron chi connectivity index (χ4n) is 1.73. The lowest BCUT2D eigenvalue weighted by molar-refractivity contribution is 0.241. The van der Waals surface area contributed by atoms with Gasteiger partial charge in [0.15, 0.2) is 5.82 Å². The third-order valence-corrected chi connectivity index (χ3v) is 2.80. The fraction of sp³-hybridized carbons (Fsp3) is 0.214. The number of rotatable bonds is 3. The Morgan fingerprint density at radius 2 is 1.90 bits per heavy atom. The van der Waals surface area contributed by atoms with Gasteiger partial charge in [0, 0.05) is 12.4 Å². The summed E-state index contributed by atoms with van der Waals surface area (Å²) in [5, 5.41) is 5.38. The first-order valence-corrected chi connectivity index (χ1v) is 6.08. The van der Waals surface area contributed by atoms with Gasteiger partial charge in [-0.2, -0.15) is 0 Å². The van der Waals surface area contributed by atoms with Gasteiger partial charge in [-0.1, -0.05) is 12.1 Å². The number of benzene rings is 1. The first-order chi connectivity index (χ1) is 9.47. The quantitative estimate of drug-likeness (QED) is 0.904. The number of carbonyl (C=O) groups is 1. The molecule has 1 aromatic carbocycles. The standard InChI is InChI=1S/C14H15FN4O/c1-14(2,10-3-5-11(15)6-4-10)19-13(20)18-12-9-16-7-8-17-12/h3-9H,1-2H3,(H2,17,18,19,20).